The van der Waals surface area contributed by atoms with Crippen LogP contribution in [0.1, 0.15) is 87.3 Å². The van der Waals surface area contributed by atoms with Gasteiger partial charge in [0.15, 0.2) is 0 Å². The summed E-state index contributed by atoms with van der Waals surface area (Å²) in [4.78, 5) is 27.7. The zero-order chi connectivity index (χ0) is 29.2. The first kappa shape index (κ1) is 28.5. The van der Waals surface area contributed by atoms with Gasteiger partial charge in [0.25, 0.3) is 0 Å². The minimum atomic E-state index is -0.735. The van der Waals surface area contributed by atoms with Crippen LogP contribution in [0.3, 0.4) is 0 Å². The maximum Gasteiger partial charge on any atom is 0.306 e. The average molecular weight is 570 g/mol. The van der Waals surface area contributed by atoms with Crippen molar-refractivity contribution >= 4 is 17.6 Å². The SMILES string of the molecule is COc1ccc([C@H]2CC[C@H](CN(C(=O)C3CCC(C(=O)O)CC3)c3cccc(-c4cnn(C5CC5)c4)c3)CC2)cc1C. The summed E-state index contributed by atoms with van der Waals surface area (Å²) in [7, 11) is 1.72. The van der Waals surface area contributed by atoms with Crippen molar-refractivity contribution in [3.8, 4) is 16.9 Å². The van der Waals surface area contributed by atoms with Gasteiger partial charge < -0.3 is 14.7 Å². The Labute approximate surface area is 248 Å². The van der Waals surface area contributed by atoms with Gasteiger partial charge in [-0.15, -0.1) is 0 Å². The van der Waals surface area contributed by atoms with Crippen molar-refractivity contribution in [3.63, 3.8) is 0 Å². The Bertz CT molecular complexity index is 1410. The van der Waals surface area contributed by atoms with E-state index in [9.17, 15) is 14.7 Å². The second-order valence-electron chi connectivity index (χ2n) is 12.8. The molecule has 0 atom stereocenters. The highest BCUT2D eigenvalue weighted by atomic mass is 16.5. The van der Waals surface area contributed by atoms with Gasteiger partial charge in [0, 0.05) is 29.9 Å². The number of carbonyl (C=O) groups excluding carboxylic acids is 1. The van der Waals surface area contributed by atoms with Crippen molar-refractivity contribution < 1.29 is 19.4 Å². The van der Waals surface area contributed by atoms with Crippen LogP contribution >= 0.6 is 0 Å². The van der Waals surface area contributed by atoms with E-state index in [0.29, 0.717) is 50.1 Å². The summed E-state index contributed by atoms with van der Waals surface area (Å²) < 4.78 is 7.52. The molecule has 0 unspecified atom stereocenters. The summed E-state index contributed by atoms with van der Waals surface area (Å²) in [6.45, 7) is 2.81. The van der Waals surface area contributed by atoms with E-state index in [-0.39, 0.29) is 17.7 Å². The lowest BCUT2D eigenvalue weighted by Gasteiger charge is -2.36. The molecule has 6 rings (SSSR count). The fraction of sp³-hybridized carbons (Fsp3) is 0.514. The number of carbonyl (C=O) groups is 2. The quantitative estimate of drug-likeness (QED) is 0.290. The molecule has 0 saturated heterocycles. The number of aryl methyl sites for hydroxylation is 1. The Morgan fingerprint density at radius 2 is 1.67 bits per heavy atom. The molecule has 1 amide bonds. The molecule has 3 aliphatic rings. The van der Waals surface area contributed by atoms with E-state index in [1.54, 1.807) is 7.11 Å². The number of rotatable bonds is 9. The number of hydrogen-bond acceptors (Lipinski definition) is 4. The summed E-state index contributed by atoms with van der Waals surface area (Å²) in [5, 5.41) is 14.1. The Balaban J connectivity index is 1.19. The standard InChI is InChI=1S/C35H43N3O4/c1-23-18-29(14-17-33(23)42-2)25-8-6-24(7-9-25)21-37(34(39)26-10-12-27(13-11-26)35(40)41)32-5-3-4-28(19-32)30-20-36-38(22-30)31-15-16-31/h3-5,14,17-20,22,24-27,31H,6-13,15-16,21H2,1-2H3,(H,40,41)/t24-,25-,26?,27?. The first-order valence-electron chi connectivity index (χ1n) is 15.7. The normalized spacial score (nSPS) is 24.2. The molecule has 3 aliphatic carbocycles. The Kier molecular flexibility index (Phi) is 8.36. The number of carboxylic acids is 1. The maximum absolute atomic E-state index is 14.1. The van der Waals surface area contributed by atoms with Crippen LogP contribution < -0.4 is 9.64 Å². The number of amides is 1. The number of aliphatic carboxylic acids is 1. The molecule has 7 nitrogen and oxygen atoms in total. The molecule has 42 heavy (non-hydrogen) atoms. The predicted octanol–water partition coefficient (Wildman–Crippen LogP) is 7.40. The van der Waals surface area contributed by atoms with Crippen LogP contribution in [-0.2, 0) is 9.59 Å². The van der Waals surface area contributed by atoms with Crippen molar-refractivity contribution in [3.05, 3.63) is 66.0 Å². The second kappa shape index (κ2) is 12.3. The fourth-order valence-electron chi connectivity index (χ4n) is 7.10. The van der Waals surface area contributed by atoms with Crippen LogP contribution in [-0.4, -0.2) is 40.4 Å². The molecule has 1 heterocycles. The maximum atomic E-state index is 14.1. The minimum absolute atomic E-state index is 0.125. The summed E-state index contributed by atoms with van der Waals surface area (Å²) in [5.74, 6) is 0.861. The lowest BCUT2D eigenvalue weighted by atomic mass is 9.77. The fourth-order valence-corrected chi connectivity index (χ4v) is 7.10. The summed E-state index contributed by atoms with van der Waals surface area (Å²) >= 11 is 0. The molecule has 0 spiro atoms. The molecular formula is C35H43N3O4. The number of methoxy groups -OCH3 is 1. The van der Waals surface area contributed by atoms with Gasteiger partial charge in [-0.05, 0) is 118 Å². The van der Waals surface area contributed by atoms with Gasteiger partial charge in [-0.25, -0.2) is 0 Å². The van der Waals surface area contributed by atoms with E-state index in [1.165, 1.54) is 24.0 Å². The number of ether oxygens (including phenoxy) is 1. The number of hydrogen-bond donors (Lipinski definition) is 1. The molecule has 3 aromatic rings. The van der Waals surface area contributed by atoms with Gasteiger partial charge in [0.2, 0.25) is 5.91 Å². The van der Waals surface area contributed by atoms with Gasteiger partial charge in [-0.1, -0.05) is 24.3 Å². The summed E-state index contributed by atoms with van der Waals surface area (Å²) in [6.07, 6.45) is 13.3. The van der Waals surface area contributed by atoms with E-state index >= 15 is 0 Å². The third-order valence-electron chi connectivity index (χ3n) is 9.88. The first-order chi connectivity index (χ1) is 20.4. The van der Waals surface area contributed by atoms with Crippen LogP contribution in [0.4, 0.5) is 5.69 Å². The van der Waals surface area contributed by atoms with Crippen LogP contribution in [0.15, 0.2) is 54.9 Å². The molecule has 3 fully saturated rings. The van der Waals surface area contributed by atoms with Gasteiger partial charge in [-0.2, -0.15) is 5.10 Å². The van der Waals surface area contributed by atoms with Crippen molar-refractivity contribution in [2.75, 3.05) is 18.6 Å². The van der Waals surface area contributed by atoms with Crippen molar-refractivity contribution in [2.45, 2.75) is 83.1 Å². The molecule has 222 valence electrons. The molecule has 0 aliphatic heterocycles. The number of aromatic nitrogens is 2. The van der Waals surface area contributed by atoms with Crippen LogP contribution in [0.5, 0.6) is 5.75 Å². The zero-order valence-electron chi connectivity index (χ0n) is 24.9. The van der Waals surface area contributed by atoms with Crippen molar-refractivity contribution in [1.29, 1.82) is 0 Å². The zero-order valence-corrected chi connectivity index (χ0v) is 24.9. The van der Waals surface area contributed by atoms with Gasteiger partial charge in [-0.3, -0.25) is 14.3 Å². The highest BCUT2D eigenvalue weighted by Gasteiger charge is 2.34. The van der Waals surface area contributed by atoms with Gasteiger partial charge >= 0.3 is 5.97 Å². The lowest BCUT2D eigenvalue weighted by molar-refractivity contribution is -0.144. The molecule has 0 bridgehead atoms. The van der Waals surface area contributed by atoms with Gasteiger partial charge in [0.1, 0.15) is 5.75 Å². The van der Waals surface area contributed by atoms with Crippen molar-refractivity contribution in [2.24, 2.45) is 17.8 Å². The van der Waals surface area contributed by atoms with E-state index in [1.807, 2.05) is 17.2 Å². The molecule has 1 N–H and O–H groups in total. The van der Waals surface area contributed by atoms with Crippen LogP contribution in [0.25, 0.3) is 11.1 Å². The predicted molar refractivity (Wildman–Crippen MR) is 164 cm³/mol. The number of anilines is 1. The van der Waals surface area contributed by atoms with Crippen LogP contribution in [0, 0.1) is 24.7 Å². The minimum Gasteiger partial charge on any atom is -0.496 e. The third kappa shape index (κ3) is 6.25. The monoisotopic (exact) mass is 569 g/mol. The van der Waals surface area contributed by atoms with Gasteiger partial charge in [0.05, 0.1) is 25.3 Å². The average Bonchev–Trinajstić information content (AvgIpc) is 3.75. The smallest absolute Gasteiger partial charge is 0.306 e. The van der Waals surface area contributed by atoms with E-state index in [0.717, 1.165) is 48.2 Å². The molecule has 1 aromatic heterocycles. The van der Waals surface area contributed by atoms with E-state index in [2.05, 4.69) is 59.3 Å². The largest absolute Gasteiger partial charge is 0.496 e. The Morgan fingerprint density at radius 3 is 2.33 bits per heavy atom. The third-order valence-corrected chi connectivity index (χ3v) is 9.88. The molecular weight excluding hydrogens is 526 g/mol. The van der Waals surface area contributed by atoms with Crippen molar-refractivity contribution in [1.82, 2.24) is 9.78 Å². The second-order valence-corrected chi connectivity index (χ2v) is 12.8. The Hall–Kier alpha value is -3.61. The molecule has 2 aromatic carbocycles. The van der Waals surface area contributed by atoms with E-state index < -0.39 is 5.97 Å². The number of carboxylic acid groups (broad SMARTS) is 1. The van der Waals surface area contributed by atoms with Crippen LogP contribution in [0.2, 0.25) is 0 Å². The molecule has 3 saturated carbocycles. The first-order valence-corrected chi connectivity index (χ1v) is 15.7. The Morgan fingerprint density at radius 1 is 0.929 bits per heavy atom. The topological polar surface area (TPSA) is 84.7 Å². The molecule has 7 heteroatoms. The lowest BCUT2D eigenvalue weighted by Crippen LogP contribution is -2.41. The number of benzene rings is 2. The summed E-state index contributed by atoms with van der Waals surface area (Å²) in [6, 6.07) is 15.4. The highest BCUT2D eigenvalue weighted by Crippen LogP contribution is 2.40. The number of nitrogens with zero attached hydrogens (tertiary/aromatic N) is 3. The summed E-state index contributed by atoms with van der Waals surface area (Å²) in [5.41, 5.74) is 5.65. The molecule has 0 radical (unpaired) electrons. The highest BCUT2D eigenvalue weighted by molar-refractivity contribution is 5.96. The van der Waals surface area contributed by atoms with E-state index in [4.69, 9.17) is 4.74 Å².